The number of fused-ring (bicyclic) bond motifs is 2. The molecule has 2 atom stereocenters. The first kappa shape index (κ1) is 12.3. The summed E-state index contributed by atoms with van der Waals surface area (Å²) in [5.74, 6) is 3.44. The van der Waals surface area contributed by atoms with Gasteiger partial charge in [0.2, 0.25) is 5.89 Å². The molecule has 2 bridgehead atoms. The maximum Gasteiger partial charge on any atom is 0.290 e. The molecule has 3 aliphatic carbocycles. The molecule has 1 aliphatic heterocycles. The second-order valence-electron chi connectivity index (χ2n) is 6.57. The lowest BCUT2D eigenvalue weighted by molar-refractivity contribution is 0.0577. The van der Waals surface area contributed by atoms with E-state index < -0.39 is 5.91 Å². The Balaban J connectivity index is 1.44. The molecule has 0 unspecified atom stereocenters. The van der Waals surface area contributed by atoms with Crippen molar-refractivity contribution >= 4 is 5.91 Å². The minimum Gasteiger partial charge on any atom is -0.363 e. The van der Waals surface area contributed by atoms with E-state index in [4.69, 9.17) is 10.3 Å². The lowest BCUT2D eigenvalue weighted by Crippen LogP contribution is -2.38. The Morgan fingerprint density at radius 2 is 1.80 bits per heavy atom. The van der Waals surface area contributed by atoms with Gasteiger partial charge in [-0.25, -0.2) is 0 Å². The average molecular weight is 276 g/mol. The van der Waals surface area contributed by atoms with Gasteiger partial charge in [0.15, 0.2) is 0 Å². The van der Waals surface area contributed by atoms with Crippen LogP contribution < -0.4 is 5.73 Å². The molecule has 6 heteroatoms. The zero-order chi connectivity index (χ0) is 13.7. The lowest BCUT2D eigenvalue weighted by atomic mass is 9.60. The van der Waals surface area contributed by atoms with Crippen LogP contribution in [0.3, 0.4) is 0 Å². The fourth-order valence-electron chi connectivity index (χ4n) is 4.68. The smallest absolute Gasteiger partial charge is 0.290 e. The summed E-state index contributed by atoms with van der Waals surface area (Å²) in [5, 5.41) is 3.60. The third kappa shape index (κ3) is 1.93. The van der Waals surface area contributed by atoms with Crippen molar-refractivity contribution in [1.82, 2.24) is 15.0 Å². The number of likely N-dealkylation sites (tertiary alicyclic amines) is 1. The Bertz CT molecular complexity index is 501. The van der Waals surface area contributed by atoms with Crippen molar-refractivity contribution in [3.8, 4) is 0 Å². The fourth-order valence-corrected chi connectivity index (χ4v) is 4.68. The van der Waals surface area contributed by atoms with E-state index in [2.05, 4.69) is 15.0 Å². The Morgan fingerprint density at radius 1 is 1.20 bits per heavy atom. The highest BCUT2D eigenvalue weighted by molar-refractivity contribution is 5.88. The number of carbonyl (C=O) groups is 1. The minimum absolute atomic E-state index is 0.0170. The summed E-state index contributed by atoms with van der Waals surface area (Å²) in [6.45, 7) is 2.92. The zero-order valence-corrected chi connectivity index (χ0v) is 11.5. The van der Waals surface area contributed by atoms with Crippen molar-refractivity contribution in [3.63, 3.8) is 0 Å². The van der Waals surface area contributed by atoms with E-state index in [1.54, 1.807) is 0 Å². The Labute approximate surface area is 117 Å². The van der Waals surface area contributed by atoms with Crippen LogP contribution in [-0.4, -0.2) is 34.0 Å². The molecule has 0 radical (unpaired) electrons. The molecule has 1 amide bonds. The molecule has 20 heavy (non-hydrogen) atoms. The number of hydrogen-bond acceptors (Lipinski definition) is 5. The van der Waals surface area contributed by atoms with Gasteiger partial charge in [0.25, 0.3) is 11.7 Å². The van der Waals surface area contributed by atoms with Crippen LogP contribution in [0.15, 0.2) is 4.52 Å². The maximum absolute atomic E-state index is 11.0. The molecule has 5 rings (SSSR count). The first-order valence-corrected chi connectivity index (χ1v) is 7.55. The van der Waals surface area contributed by atoms with Gasteiger partial charge < -0.3 is 10.3 Å². The van der Waals surface area contributed by atoms with Gasteiger partial charge in [-0.1, -0.05) is 5.16 Å². The van der Waals surface area contributed by atoms with Crippen molar-refractivity contribution in [2.24, 2.45) is 29.4 Å². The van der Waals surface area contributed by atoms with Gasteiger partial charge in [-0.3, -0.25) is 9.69 Å². The Kier molecular flexibility index (Phi) is 2.80. The number of amides is 1. The molecule has 108 valence electrons. The van der Waals surface area contributed by atoms with Crippen LogP contribution >= 0.6 is 0 Å². The highest BCUT2D eigenvalue weighted by Crippen LogP contribution is 2.51. The molecule has 1 saturated heterocycles. The first-order valence-electron chi connectivity index (χ1n) is 7.55. The van der Waals surface area contributed by atoms with E-state index in [9.17, 15) is 4.79 Å². The van der Waals surface area contributed by atoms with Crippen molar-refractivity contribution in [2.45, 2.75) is 32.2 Å². The summed E-state index contributed by atoms with van der Waals surface area (Å²) in [7, 11) is 0. The second-order valence-corrected chi connectivity index (χ2v) is 6.57. The molecule has 1 aromatic rings. The van der Waals surface area contributed by atoms with Crippen LogP contribution in [0.1, 0.15) is 42.2 Å². The van der Waals surface area contributed by atoms with E-state index >= 15 is 0 Å². The highest BCUT2D eigenvalue weighted by atomic mass is 16.5. The van der Waals surface area contributed by atoms with E-state index in [1.807, 2.05) is 0 Å². The predicted octanol–water partition coefficient (Wildman–Crippen LogP) is 1.04. The molecule has 4 aliphatic rings. The van der Waals surface area contributed by atoms with Gasteiger partial charge in [-0.2, -0.15) is 4.98 Å². The molecule has 4 fully saturated rings. The van der Waals surface area contributed by atoms with Gasteiger partial charge in [0, 0.05) is 13.1 Å². The Morgan fingerprint density at radius 3 is 2.30 bits per heavy atom. The first-order chi connectivity index (χ1) is 9.70. The van der Waals surface area contributed by atoms with Gasteiger partial charge in [0.05, 0.1) is 6.54 Å². The van der Waals surface area contributed by atoms with Gasteiger partial charge in [-0.15, -0.1) is 0 Å². The zero-order valence-electron chi connectivity index (χ0n) is 11.5. The fraction of sp³-hybridized carbons (Fsp3) is 0.786. The normalized spacial score (nSPS) is 36.2. The Hall–Kier alpha value is -1.43. The van der Waals surface area contributed by atoms with E-state index in [0.717, 1.165) is 36.8 Å². The van der Waals surface area contributed by atoms with Crippen LogP contribution in [0.25, 0.3) is 0 Å². The molecular formula is C14H20N4O2. The van der Waals surface area contributed by atoms with E-state index in [0.29, 0.717) is 12.4 Å². The number of aromatic nitrogens is 2. The number of primary amides is 1. The average Bonchev–Trinajstić information content (AvgIpc) is 3.07. The summed E-state index contributed by atoms with van der Waals surface area (Å²) < 4.78 is 5.11. The maximum atomic E-state index is 11.0. The molecule has 2 heterocycles. The summed E-state index contributed by atoms with van der Waals surface area (Å²) in [6.07, 6.45) is 5.69. The van der Waals surface area contributed by atoms with Crippen LogP contribution in [0.5, 0.6) is 0 Å². The minimum atomic E-state index is -0.631. The molecular weight excluding hydrogens is 256 g/mol. The summed E-state index contributed by atoms with van der Waals surface area (Å²) in [6, 6.07) is 0. The third-order valence-corrected chi connectivity index (χ3v) is 5.56. The van der Waals surface area contributed by atoms with Crippen molar-refractivity contribution in [2.75, 3.05) is 13.1 Å². The summed E-state index contributed by atoms with van der Waals surface area (Å²) in [5.41, 5.74) is 5.14. The van der Waals surface area contributed by atoms with Crippen molar-refractivity contribution < 1.29 is 9.32 Å². The molecule has 2 N–H and O–H groups in total. The van der Waals surface area contributed by atoms with Crippen LogP contribution in [-0.2, 0) is 6.54 Å². The van der Waals surface area contributed by atoms with Gasteiger partial charge >= 0.3 is 0 Å². The number of carbonyl (C=O) groups excluding carboxylic acids is 1. The standard InChI is InChI=1S/C14H20N4O2/c15-13(19)14-16-12(20-17-14)7-18-5-10-8-1-2-9(4-3-8)11(10)6-18/h8-11H,1-7H2,(H2,15,19)/t8?,9?,10-,11+. The SMILES string of the molecule is NC(=O)c1noc(CN2C[C@@H]3C4CCC(CC4)[C@@H]3C2)n1. The van der Waals surface area contributed by atoms with Crippen molar-refractivity contribution in [3.05, 3.63) is 11.7 Å². The van der Waals surface area contributed by atoms with E-state index in [-0.39, 0.29) is 5.82 Å². The monoisotopic (exact) mass is 276 g/mol. The number of hydrogen-bond donors (Lipinski definition) is 1. The van der Waals surface area contributed by atoms with Gasteiger partial charge in [-0.05, 0) is 49.4 Å². The second kappa shape index (κ2) is 4.55. The summed E-state index contributed by atoms with van der Waals surface area (Å²) >= 11 is 0. The van der Waals surface area contributed by atoms with Gasteiger partial charge in [0.1, 0.15) is 0 Å². The molecule has 6 nitrogen and oxygen atoms in total. The summed E-state index contributed by atoms with van der Waals surface area (Å²) in [4.78, 5) is 17.4. The molecule has 0 aromatic carbocycles. The molecule has 3 saturated carbocycles. The van der Waals surface area contributed by atoms with E-state index in [1.165, 1.54) is 25.7 Å². The van der Waals surface area contributed by atoms with Crippen molar-refractivity contribution in [1.29, 1.82) is 0 Å². The highest BCUT2D eigenvalue weighted by Gasteiger charge is 2.48. The number of nitrogens with two attached hydrogens (primary N) is 1. The number of nitrogens with zero attached hydrogens (tertiary/aromatic N) is 3. The quantitative estimate of drug-likeness (QED) is 0.891. The molecule has 0 spiro atoms. The van der Waals surface area contributed by atoms with Crippen LogP contribution in [0.2, 0.25) is 0 Å². The predicted molar refractivity (Wildman–Crippen MR) is 70.5 cm³/mol. The van der Waals surface area contributed by atoms with Crippen LogP contribution in [0.4, 0.5) is 0 Å². The largest absolute Gasteiger partial charge is 0.363 e. The molecule has 1 aromatic heterocycles. The topological polar surface area (TPSA) is 85.2 Å². The lowest BCUT2D eigenvalue weighted by Gasteiger charge is -2.45. The third-order valence-electron chi connectivity index (χ3n) is 5.56. The van der Waals surface area contributed by atoms with Crippen LogP contribution in [0, 0.1) is 23.7 Å². The number of rotatable bonds is 3.